The van der Waals surface area contributed by atoms with Gasteiger partial charge in [-0.3, -0.25) is 9.59 Å². The Bertz CT molecular complexity index is 478. The number of nitrogens with one attached hydrogen (secondary N) is 1. The summed E-state index contributed by atoms with van der Waals surface area (Å²) in [6.07, 6.45) is 2.26. The van der Waals surface area contributed by atoms with Gasteiger partial charge in [0, 0.05) is 18.2 Å². The molecule has 1 aromatic carbocycles. The lowest BCUT2D eigenvalue weighted by molar-refractivity contribution is -0.119. The van der Waals surface area contributed by atoms with Gasteiger partial charge in [-0.05, 0) is 31.8 Å². The summed E-state index contributed by atoms with van der Waals surface area (Å²) in [5.74, 6) is -0.362. The average Bonchev–Trinajstić information content (AvgIpc) is 2.48. The van der Waals surface area contributed by atoms with Crippen LogP contribution < -0.4 is 5.32 Å². The molecule has 0 aliphatic carbocycles. The van der Waals surface area contributed by atoms with Crippen molar-refractivity contribution in [2.75, 3.05) is 19.6 Å². The van der Waals surface area contributed by atoms with Crippen LogP contribution in [0, 0.1) is 5.92 Å². The molecule has 3 aliphatic rings. The SMILES string of the molecule is O=C(NC1CN2CCC1CC2)C(=O)c1ccccc1. The third-order valence-electron chi connectivity index (χ3n) is 4.21. The van der Waals surface area contributed by atoms with E-state index in [0.29, 0.717) is 11.5 Å². The van der Waals surface area contributed by atoms with E-state index in [9.17, 15) is 9.59 Å². The van der Waals surface area contributed by atoms with Crippen LogP contribution in [0.15, 0.2) is 30.3 Å². The minimum absolute atomic E-state index is 0.141. The fourth-order valence-corrected chi connectivity index (χ4v) is 3.08. The Kier molecular flexibility index (Phi) is 3.34. The van der Waals surface area contributed by atoms with E-state index in [2.05, 4.69) is 10.2 Å². The van der Waals surface area contributed by atoms with Crippen LogP contribution in [0.25, 0.3) is 0 Å². The van der Waals surface area contributed by atoms with E-state index < -0.39 is 11.7 Å². The van der Waals surface area contributed by atoms with Gasteiger partial charge in [-0.25, -0.2) is 0 Å². The van der Waals surface area contributed by atoms with Crippen LogP contribution in [0.2, 0.25) is 0 Å². The molecule has 4 rings (SSSR count). The summed E-state index contributed by atoms with van der Waals surface area (Å²) in [4.78, 5) is 26.4. The quantitative estimate of drug-likeness (QED) is 0.652. The molecule has 100 valence electrons. The average molecular weight is 258 g/mol. The van der Waals surface area contributed by atoms with Gasteiger partial charge in [-0.2, -0.15) is 0 Å². The maximum Gasteiger partial charge on any atom is 0.292 e. The summed E-state index contributed by atoms with van der Waals surface area (Å²) in [7, 11) is 0. The van der Waals surface area contributed by atoms with Crippen molar-refractivity contribution in [1.82, 2.24) is 10.2 Å². The molecular weight excluding hydrogens is 240 g/mol. The van der Waals surface area contributed by atoms with Gasteiger partial charge < -0.3 is 10.2 Å². The monoisotopic (exact) mass is 258 g/mol. The summed E-state index contributed by atoms with van der Waals surface area (Å²) in [6, 6.07) is 8.88. The number of amides is 1. The Morgan fingerprint density at radius 1 is 1.11 bits per heavy atom. The van der Waals surface area contributed by atoms with Crippen molar-refractivity contribution in [1.29, 1.82) is 0 Å². The molecule has 3 aliphatic heterocycles. The maximum atomic E-state index is 12.0. The lowest BCUT2D eigenvalue weighted by Gasteiger charge is -2.44. The molecule has 0 saturated carbocycles. The highest BCUT2D eigenvalue weighted by molar-refractivity contribution is 6.42. The molecule has 2 bridgehead atoms. The van der Waals surface area contributed by atoms with Crippen molar-refractivity contribution in [3.8, 4) is 0 Å². The van der Waals surface area contributed by atoms with Gasteiger partial charge in [0.25, 0.3) is 5.91 Å². The first-order valence-electron chi connectivity index (χ1n) is 6.86. The Morgan fingerprint density at radius 3 is 2.37 bits per heavy atom. The standard InChI is InChI=1S/C15H18N2O2/c18-14(12-4-2-1-3-5-12)15(19)16-13-10-17-8-6-11(13)7-9-17/h1-5,11,13H,6-10H2,(H,16,19). The lowest BCUT2D eigenvalue weighted by Crippen LogP contribution is -2.58. The number of carbonyl (C=O) groups excluding carboxylic acids is 2. The summed E-state index contributed by atoms with van der Waals surface area (Å²) >= 11 is 0. The molecular formula is C15H18N2O2. The zero-order chi connectivity index (χ0) is 13.2. The molecule has 1 N–H and O–H groups in total. The third-order valence-corrected chi connectivity index (χ3v) is 4.21. The van der Waals surface area contributed by atoms with E-state index in [1.54, 1.807) is 24.3 Å². The normalized spacial score (nSPS) is 28.9. The van der Waals surface area contributed by atoms with Gasteiger partial charge in [0.2, 0.25) is 5.78 Å². The van der Waals surface area contributed by atoms with E-state index in [1.807, 2.05) is 6.07 Å². The summed E-state index contributed by atoms with van der Waals surface area (Å²) in [5, 5.41) is 2.92. The molecule has 3 heterocycles. The van der Waals surface area contributed by atoms with Gasteiger partial charge in [-0.1, -0.05) is 30.3 Å². The van der Waals surface area contributed by atoms with Crippen LogP contribution in [0.3, 0.4) is 0 Å². The highest BCUT2D eigenvalue weighted by atomic mass is 16.2. The number of Topliss-reactive ketones (excluding diaryl/α,β-unsaturated/α-hetero) is 1. The fraction of sp³-hybridized carbons (Fsp3) is 0.467. The van der Waals surface area contributed by atoms with E-state index in [1.165, 1.54) is 0 Å². The highest BCUT2D eigenvalue weighted by Crippen LogP contribution is 2.27. The smallest absolute Gasteiger partial charge is 0.292 e. The summed E-state index contributed by atoms with van der Waals surface area (Å²) in [5.41, 5.74) is 0.460. The molecule has 0 aromatic heterocycles. The summed E-state index contributed by atoms with van der Waals surface area (Å²) in [6.45, 7) is 3.14. The lowest BCUT2D eigenvalue weighted by atomic mass is 9.84. The molecule has 4 heteroatoms. The van der Waals surface area contributed by atoms with Crippen molar-refractivity contribution in [3.63, 3.8) is 0 Å². The molecule has 1 aromatic rings. The Morgan fingerprint density at radius 2 is 1.79 bits per heavy atom. The van der Waals surface area contributed by atoms with Crippen LogP contribution in [0.5, 0.6) is 0 Å². The van der Waals surface area contributed by atoms with Crippen LogP contribution in [-0.4, -0.2) is 42.3 Å². The predicted octanol–water partition coefficient (Wildman–Crippen LogP) is 1.08. The van der Waals surface area contributed by atoms with E-state index >= 15 is 0 Å². The minimum Gasteiger partial charge on any atom is -0.345 e. The number of hydrogen-bond acceptors (Lipinski definition) is 3. The second-order valence-corrected chi connectivity index (χ2v) is 5.41. The number of hydrogen-bond donors (Lipinski definition) is 1. The Hall–Kier alpha value is -1.68. The molecule has 1 unspecified atom stereocenters. The van der Waals surface area contributed by atoms with Crippen molar-refractivity contribution in [2.24, 2.45) is 5.92 Å². The number of fused-ring (bicyclic) bond motifs is 3. The molecule has 0 radical (unpaired) electrons. The number of nitrogens with zero attached hydrogens (tertiary/aromatic N) is 1. The molecule has 3 saturated heterocycles. The third kappa shape index (κ3) is 2.54. The second-order valence-electron chi connectivity index (χ2n) is 5.41. The number of rotatable bonds is 3. The van der Waals surface area contributed by atoms with E-state index in [0.717, 1.165) is 32.5 Å². The minimum atomic E-state index is -0.468. The summed E-state index contributed by atoms with van der Waals surface area (Å²) < 4.78 is 0. The Balaban J connectivity index is 1.64. The van der Waals surface area contributed by atoms with Crippen LogP contribution in [-0.2, 0) is 4.79 Å². The molecule has 1 amide bonds. The van der Waals surface area contributed by atoms with Crippen LogP contribution in [0.4, 0.5) is 0 Å². The topological polar surface area (TPSA) is 49.4 Å². The first-order valence-corrected chi connectivity index (χ1v) is 6.86. The van der Waals surface area contributed by atoms with Gasteiger partial charge in [0.1, 0.15) is 0 Å². The molecule has 0 spiro atoms. The molecule has 4 nitrogen and oxygen atoms in total. The van der Waals surface area contributed by atoms with E-state index in [-0.39, 0.29) is 6.04 Å². The van der Waals surface area contributed by atoms with Gasteiger partial charge >= 0.3 is 0 Å². The zero-order valence-corrected chi connectivity index (χ0v) is 10.8. The van der Waals surface area contributed by atoms with Gasteiger partial charge in [0.15, 0.2) is 0 Å². The molecule has 19 heavy (non-hydrogen) atoms. The number of ketones is 1. The zero-order valence-electron chi connectivity index (χ0n) is 10.8. The number of carbonyl (C=O) groups is 2. The van der Waals surface area contributed by atoms with Gasteiger partial charge in [0.05, 0.1) is 0 Å². The second kappa shape index (κ2) is 5.13. The Labute approximate surface area is 112 Å². The van der Waals surface area contributed by atoms with E-state index in [4.69, 9.17) is 0 Å². The first kappa shape index (κ1) is 12.4. The van der Waals surface area contributed by atoms with Crippen molar-refractivity contribution < 1.29 is 9.59 Å². The van der Waals surface area contributed by atoms with Gasteiger partial charge in [-0.15, -0.1) is 0 Å². The predicted molar refractivity (Wildman–Crippen MR) is 71.9 cm³/mol. The van der Waals surface area contributed by atoms with Crippen molar-refractivity contribution in [2.45, 2.75) is 18.9 Å². The van der Waals surface area contributed by atoms with Crippen LogP contribution in [0.1, 0.15) is 23.2 Å². The number of benzene rings is 1. The molecule has 3 fully saturated rings. The molecule has 1 atom stereocenters. The van der Waals surface area contributed by atoms with Crippen molar-refractivity contribution >= 4 is 11.7 Å². The first-order chi connectivity index (χ1) is 9.24. The van der Waals surface area contributed by atoms with Crippen LogP contribution >= 0.6 is 0 Å². The maximum absolute atomic E-state index is 12.0. The fourth-order valence-electron chi connectivity index (χ4n) is 3.08. The largest absolute Gasteiger partial charge is 0.345 e. The highest BCUT2D eigenvalue weighted by Gasteiger charge is 2.35. The van der Waals surface area contributed by atoms with Crippen molar-refractivity contribution in [3.05, 3.63) is 35.9 Å². The number of piperidine rings is 3.